The quantitative estimate of drug-likeness (QED) is 0.199. The van der Waals surface area contributed by atoms with E-state index in [1.807, 2.05) is 48.7 Å². The smallest absolute Gasteiger partial charge is 0.137 e. The van der Waals surface area contributed by atoms with Gasteiger partial charge in [0, 0.05) is 50.1 Å². The predicted octanol–water partition coefficient (Wildman–Crippen LogP) is 11.7. The van der Waals surface area contributed by atoms with E-state index in [2.05, 4.69) is 131 Å². The summed E-state index contributed by atoms with van der Waals surface area (Å²) in [5.41, 5.74) is 12.2. The molecule has 0 saturated carbocycles. The lowest BCUT2D eigenvalue weighted by atomic mass is 10.0. The second kappa shape index (κ2) is 11.8. The van der Waals surface area contributed by atoms with E-state index in [4.69, 9.17) is 9.97 Å². The fraction of sp³-hybridized carbons (Fsp3) is 0.0213. The molecule has 0 atom stereocenters. The van der Waals surface area contributed by atoms with Crippen molar-refractivity contribution in [2.24, 2.45) is 0 Å². The lowest BCUT2D eigenvalue weighted by Crippen LogP contribution is -1.99. The largest absolute Gasteiger partial charge is 0.507 e. The van der Waals surface area contributed by atoms with E-state index < -0.39 is 0 Å². The Bertz CT molecular complexity index is 2980. The summed E-state index contributed by atoms with van der Waals surface area (Å²) < 4.78 is 4.67. The second-order valence-corrected chi connectivity index (χ2v) is 13.3. The van der Waals surface area contributed by atoms with E-state index in [9.17, 15) is 5.11 Å². The van der Waals surface area contributed by atoms with Crippen LogP contribution in [-0.2, 0) is 0 Å². The first-order chi connectivity index (χ1) is 25.6. The van der Waals surface area contributed by atoms with Crippen molar-refractivity contribution in [2.45, 2.75) is 6.92 Å². The summed E-state index contributed by atoms with van der Waals surface area (Å²) in [6.45, 7) is 2.16. The Hall–Kier alpha value is -6.98. The first kappa shape index (κ1) is 29.9. The molecule has 4 heterocycles. The molecule has 0 aliphatic carbocycles. The lowest BCUT2D eigenvalue weighted by molar-refractivity contribution is 0.477. The number of fused-ring (bicyclic) bond motifs is 7. The van der Waals surface area contributed by atoms with E-state index >= 15 is 0 Å². The minimum Gasteiger partial charge on any atom is -0.507 e. The normalized spacial score (nSPS) is 11.6. The number of para-hydroxylation sites is 3. The van der Waals surface area contributed by atoms with Gasteiger partial charge in [-0.1, -0.05) is 97.1 Å². The third kappa shape index (κ3) is 4.63. The van der Waals surface area contributed by atoms with Gasteiger partial charge in [0.25, 0.3) is 0 Å². The van der Waals surface area contributed by atoms with Crippen molar-refractivity contribution in [2.75, 3.05) is 0 Å². The summed E-state index contributed by atoms with van der Waals surface area (Å²) in [4.78, 5) is 10.2. The highest BCUT2D eigenvalue weighted by atomic mass is 16.3. The third-order valence-corrected chi connectivity index (χ3v) is 10.2. The van der Waals surface area contributed by atoms with Gasteiger partial charge in [-0.05, 0) is 84.8 Å². The number of nitrogens with zero attached hydrogens (tertiary/aromatic N) is 4. The van der Waals surface area contributed by atoms with Crippen LogP contribution in [0, 0.1) is 6.92 Å². The molecule has 0 amide bonds. The summed E-state index contributed by atoms with van der Waals surface area (Å²) in [6, 6.07) is 56.3. The van der Waals surface area contributed by atoms with Crippen molar-refractivity contribution in [3.05, 3.63) is 176 Å². The van der Waals surface area contributed by atoms with Crippen LogP contribution < -0.4 is 0 Å². The van der Waals surface area contributed by atoms with Crippen LogP contribution in [0.2, 0.25) is 0 Å². The van der Waals surface area contributed by atoms with E-state index in [0.29, 0.717) is 5.56 Å². The molecular weight excluding hydrogens is 637 g/mol. The fourth-order valence-corrected chi connectivity index (χ4v) is 7.85. The number of phenolic OH excluding ortho intramolecular Hbond substituents is 1. The molecule has 0 fully saturated rings. The van der Waals surface area contributed by atoms with Gasteiger partial charge in [-0.3, -0.25) is 4.57 Å². The number of pyridine rings is 2. The van der Waals surface area contributed by atoms with Crippen LogP contribution in [0.5, 0.6) is 5.75 Å². The highest BCUT2D eigenvalue weighted by Crippen LogP contribution is 2.43. The predicted molar refractivity (Wildman–Crippen MR) is 213 cm³/mol. The fourth-order valence-electron chi connectivity index (χ4n) is 7.85. The number of hydrogen-bond donors (Lipinski definition) is 1. The average Bonchev–Trinajstić information content (AvgIpc) is 3.71. The van der Waals surface area contributed by atoms with Crippen molar-refractivity contribution in [1.82, 2.24) is 19.1 Å². The molecule has 6 aromatic carbocycles. The molecule has 4 aromatic heterocycles. The molecule has 0 saturated heterocycles. The maximum absolute atomic E-state index is 10.6. The molecule has 10 rings (SSSR count). The second-order valence-electron chi connectivity index (χ2n) is 13.3. The van der Waals surface area contributed by atoms with Gasteiger partial charge in [0.2, 0.25) is 0 Å². The van der Waals surface area contributed by atoms with Crippen molar-refractivity contribution >= 4 is 43.6 Å². The van der Waals surface area contributed by atoms with Gasteiger partial charge in [-0.2, -0.15) is 0 Å². The summed E-state index contributed by atoms with van der Waals surface area (Å²) in [5, 5.41) is 15.4. The van der Waals surface area contributed by atoms with Crippen LogP contribution >= 0.6 is 0 Å². The Kier molecular flexibility index (Phi) is 6.80. The Morgan fingerprint density at radius 2 is 1.15 bits per heavy atom. The third-order valence-electron chi connectivity index (χ3n) is 10.2. The molecule has 52 heavy (non-hydrogen) atoms. The molecule has 0 aliphatic rings. The highest BCUT2D eigenvalue weighted by molar-refractivity contribution is 6.29. The SMILES string of the molecule is Cc1cc(-n2c3cc(-c4cccc(-c5ccccc5O)n4)ccc3c3c4c5ccccc5n(-c5ccccc5)c4ccc32)ncc1-c1ccccc1. The minimum atomic E-state index is 0.210. The zero-order valence-corrected chi connectivity index (χ0v) is 28.4. The Labute approximate surface area is 300 Å². The Morgan fingerprint density at radius 3 is 1.94 bits per heavy atom. The van der Waals surface area contributed by atoms with Gasteiger partial charge >= 0.3 is 0 Å². The molecule has 0 aliphatic heterocycles. The molecule has 246 valence electrons. The number of aryl methyl sites for hydroxylation is 1. The van der Waals surface area contributed by atoms with Crippen LogP contribution in [0.1, 0.15) is 5.56 Å². The average molecular weight is 669 g/mol. The van der Waals surface area contributed by atoms with Gasteiger partial charge in [-0.25, -0.2) is 9.97 Å². The zero-order valence-electron chi connectivity index (χ0n) is 28.4. The summed E-state index contributed by atoms with van der Waals surface area (Å²) >= 11 is 0. The summed E-state index contributed by atoms with van der Waals surface area (Å²) in [5.74, 6) is 1.07. The molecule has 5 nitrogen and oxygen atoms in total. The number of hydrogen-bond acceptors (Lipinski definition) is 3. The highest BCUT2D eigenvalue weighted by Gasteiger charge is 2.22. The van der Waals surface area contributed by atoms with Crippen LogP contribution in [-0.4, -0.2) is 24.2 Å². The molecule has 0 bridgehead atoms. The summed E-state index contributed by atoms with van der Waals surface area (Å²) in [7, 11) is 0. The van der Waals surface area contributed by atoms with Gasteiger partial charge in [0.15, 0.2) is 0 Å². The number of rotatable bonds is 5. The topological polar surface area (TPSA) is 55.9 Å². The Balaban J connectivity index is 1.27. The maximum Gasteiger partial charge on any atom is 0.137 e. The van der Waals surface area contributed by atoms with E-state index in [1.54, 1.807) is 6.07 Å². The standard InChI is InChI=1S/C47H32N4O/c1-30-27-45(48-29-37(30)31-13-4-2-5-14-31)51-42-26-25-41-46(35-18-8-10-21-40(35)50(41)33-15-6-3-7-16-33)47(42)36-24-23-32(28-43(36)51)38-19-12-20-39(49-38)34-17-9-11-22-44(34)52/h2-29,52H,1H3. The first-order valence-corrected chi connectivity index (χ1v) is 17.5. The van der Waals surface area contributed by atoms with Crippen molar-refractivity contribution in [3.8, 4) is 50.9 Å². The van der Waals surface area contributed by atoms with Gasteiger partial charge in [-0.15, -0.1) is 0 Å². The van der Waals surface area contributed by atoms with Gasteiger partial charge < -0.3 is 9.67 Å². The lowest BCUT2D eigenvalue weighted by Gasteiger charge is -2.12. The van der Waals surface area contributed by atoms with Gasteiger partial charge in [0.1, 0.15) is 11.6 Å². The maximum atomic E-state index is 10.6. The number of aromatic nitrogens is 4. The van der Waals surface area contributed by atoms with E-state index in [1.165, 1.54) is 21.7 Å². The molecule has 1 N–H and O–H groups in total. The molecule has 5 heteroatoms. The van der Waals surface area contributed by atoms with Crippen molar-refractivity contribution < 1.29 is 5.11 Å². The molecule has 0 spiro atoms. The number of phenols is 1. The molecular formula is C47H32N4O. The Morgan fingerprint density at radius 1 is 0.481 bits per heavy atom. The van der Waals surface area contributed by atoms with E-state index in [0.717, 1.165) is 67.1 Å². The molecule has 0 unspecified atom stereocenters. The van der Waals surface area contributed by atoms with Crippen LogP contribution in [0.4, 0.5) is 0 Å². The molecule has 0 radical (unpaired) electrons. The number of benzene rings is 6. The van der Waals surface area contributed by atoms with Crippen LogP contribution in [0.3, 0.4) is 0 Å². The van der Waals surface area contributed by atoms with Crippen molar-refractivity contribution in [3.63, 3.8) is 0 Å². The van der Waals surface area contributed by atoms with Crippen LogP contribution in [0.25, 0.3) is 88.8 Å². The summed E-state index contributed by atoms with van der Waals surface area (Å²) in [6.07, 6.45) is 2.00. The van der Waals surface area contributed by atoms with E-state index in [-0.39, 0.29) is 5.75 Å². The number of aromatic hydroxyl groups is 1. The first-order valence-electron chi connectivity index (χ1n) is 17.5. The van der Waals surface area contributed by atoms with Crippen LogP contribution in [0.15, 0.2) is 170 Å². The van der Waals surface area contributed by atoms with Crippen molar-refractivity contribution in [1.29, 1.82) is 0 Å². The molecule has 10 aromatic rings. The van der Waals surface area contributed by atoms with Gasteiger partial charge in [0.05, 0.1) is 33.5 Å². The monoisotopic (exact) mass is 668 g/mol. The zero-order chi connectivity index (χ0) is 34.8. The minimum absolute atomic E-state index is 0.210.